The van der Waals surface area contributed by atoms with Crippen molar-refractivity contribution in [3.05, 3.63) is 0 Å². The highest BCUT2D eigenvalue weighted by Crippen LogP contribution is 2.46. The van der Waals surface area contributed by atoms with Gasteiger partial charge in [0.1, 0.15) is 0 Å². The molecule has 0 saturated carbocycles. The van der Waals surface area contributed by atoms with Crippen molar-refractivity contribution in [2.45, 2.75) is 129 Å². The number of hydrogen-bond donors (Lipinski definition) is 2. The zero-order chi connectivity index (χ0) is 19.7. The van der Waals surface area contributed by atoms with Crippen molar-refractivity contribution < 1.29 is 18.7 Å². The number of alkyl halides is 1. The monoisotopic (exact) mass is 394 g/mol. The maximum Gasteiger partial charge on any atom is 0.359 e. The van der Waals surface area contributed by atoms with Gasteiger partial charge in [0.15, 0.2) is 0 Å². The van der Waals surface area contributed by atoms with Crippen molar-refractivity contribution in [3.8, 4) is 0 Å². The highest BCUT2D eigenvalue weighted by molar-refractivity contribution is 7.52. The average Bonchev–Trinajstić information content (AvgIpc) is 2.58. The highest BCUT2D eigenvalue weighted by Gasteiger charge is 2.30. The molecule has 158 valence electrons. The summed E-state index contributed by atoms with van der Waals surface area (Å²) in [7, 11) is -4.58. The summed E-state index contributed by atoms with van der Waals surface area (Å²) in [6.45, 7) is 4.38. The van der Waals surface area contributed by atoms with E-state index in [1.807, 2.05) is 0 Å². The lowest BCUT2D eigenvalue weighted by atomic mass is 9.92. The number of halogens is 1. The molecular weight excluding hydrogens is 350 g/mol. The Morgan fingerprint density at radius 3 is 1.46 bits per heavy atom. The molecule has 0 amide bonds. The van der Waals surface area contributed by atoms with Crippen LogP contribution in [0.15, 0.2) is 0 Å². The Labute approximate surface area is 161 Å². The van der Waals surface area contributed by atoms with Crippen molar-refractivity contribution >= 4 is 7.60 Å². The third-order valence-corrected chi connectivity index (χ3v) is 6.27. The molecule has 0 aliphatic carbocycles. The molecule has 5 heteroatoms. The van der Waals surface area contributed by atoms with Crippen molar-refractivity contribution in [3.63, 3.8) is 0 Å². The first-order chi connectivity index (χ1) is 12.4. The van der Waals surface area contributed by atoms with E-state index in [1.54, 1.807) is 0 Å². The smallest absolute Gasteiger partial charge is 0.322 e. The van der Waals surface area contributed by atoms with E-state index in [0.717, 1.165) is 44.9 Å². The summed E-state index contributed by atoms with van der Waals surface area (Å²) in [5, 5.41) is 0. The van der Waals surface area contributed by atoms with Gasteiger partial charge in [0.2, 0.25) is 5.91 Å². The van der Waals surface area contributed by atoms with Gasteiger partial charge in [-0.2, -0.15) is 0 Å². The summed E-state index contributed by atoms with van der Waals surface area (Å²) >= 11 is 0. The van der Waals surface area contributed by atoms with Gasteiger partial charge < -0.3 is 9.79 Å². The molecule has 2 unspecified atom stereocenters. The van der Waals surface area contributed by atoms with E-state index in [9.17, 15) is 8.96 Å². The molecule has 0 saturated heterocycles. The molecule has 0 heterocycles. The molecule has 0 aromatic heterocycles. The zero-order valence-electron chi connectivity index (χ0n) is 17.3. The second-order valence-electron chi connectivity index (χ2n) is 7.95. The summed E-state index contributed by atoms with van der Waals surface area (Å²) in [5.41, 5.74) is 0. The predicted molar refractivity (Wildman–Crippen MR) is 110 cm³/mol. The molecule has 26 heavy (non-hydrogen) atoms. The number of hydrogen-bond acceptors (Lipinski definition) is 1. The average molecular weight is 395 g/mol. The van der Waals surface area contributed by atoms with Gasteiger partial charge in [0.25, 0.3) is 0 Å². The van der Waals surface area contributed by atoms with Crippen LogP contribution in [0.25, 0.3) is 0 Å². The van der Waals surface area contributed by atoms with Crippen LogP contribution in [0.1, 0.15) is 123 Å². The van der Waals surface area contributed by atoms with Gasteiger partial charge in [0, 0.05) is 0 Å². The van der Waals surface area contributed by atoms with Crippen molar-refractivity contribution in [1.82, 2.24) is 0 Å². The van der Waals surface area contributed by atoms with E-state index in [0.29, 0.717) is 0 Å². The molecule has 0 radical (unpaired) electrons. The minimum atomic E-state index is -4.58. The fourth-order valence-electron chi connectivity index (χ4n) is 3.57. The lowest BCUT2D eigenvalue weighted by Gasteiger charge is -2.19. The van der Waals surface area contributed by atoms with Crippen LogP contribution >= 0.6 is 7.60 Å². The first kappa shape index (κ1) is 26.1. The van der Waals surface area contributed by atoms with Gasteiger partial charge in [-0.3, -0.25) is 4.57 Å². The van der Waals surface area contributed by atoms with Gasteiger partial charge in [-0.15, -0.1) is 0 Å². The largest absolute Gasteiger partial charge is 0.359 e. The second-order valence-corrected chi connectivity index (χ2v) is 9.68. The number of rotatable bonds is 19. The molecule has 0 aromatic carbocycles. The summed E-state index contributed by atoms with van der Waals surface area (Å²) in [5.74, 6) is -1.87. The van der Waals surface area contributed by atoms with E-state index in [4.69, 9.17) is 9.79 Å². The van der Waals surface area contributed by atoms with Gasteiger partial charge in [-0.25, -0.2) is 4.39 Å². The minimum absolute atomic E-state index is 0.0196. The van der Waals surface area contributed by atoms with Crippen LogP contribution in [0.2, 0.25) is 0 Å². The Bertz CT molecular complexity index is 346. The van der Waals surface area contributed by atoms with Crippen LogP contribution in [0, 0.1) is 5.92 Å². The quantitative estimate of drug-likeness (QED) is 0.174. The van der Waals surface area contributed by atoms with E-state index in [1.165, 1.54) is 57.8 Å². The fourth-order valence-corrected chi connectivity index (χ4v) is 4.15. The van der Waals surface area contributed by atoms with Crippen molar-refractivity contribution in [2.75, 3.05) is 0 Å². The normalized spacial score (nSPS) is 14.5. The predicted octanol–water partition coefficient (Wildman–Crippen LogP) is 7.75. The van der Waals surface area contributed by atoms with E-state index in [2.05, 4.69) is 13.8 Å². The van der Waals surface area contributed by atoms with Crippen LogP contribution in [0.4, 0.5) is 4.39 Å². The highest BCUT2D eigenvalue weighted by atomic mass is 31.2. The third-order valence-electron chi connectivity index (χ3n) is 5.32. The van der Waals surface area contributed by atoms with Gasteiger partial charge >= 0.3 is 7.60 Å². The van der Waals surface area contributed by atoms with Crippen LogP contribution in [0.3, 0.4) is 0 Å². The summed E-state index contributed by atoms with van der Waals surface area (Å²) in [6.07, 6.45) is 19.2. The van der Waals surface area contributed by atoms with Gasteiger partial charge in [-0.1, -0.05) is 117 Å². The SMILES string of the molecule is CCCCCCCCCCCCCC(CCCCC)CC(F)P(=O)(O)O. The third kappa shape index (κ3) is 16.3. The standard InChI is InChI=1S/C21H44FO3P/c1-3-5-7-8-9-10-11-12-13-14-16-18-20(17-15-6-4-2)19-21(22)26(23,24)25/h20-21H,3-19H2,1-2H3,(H2,23,24,25). The van der Waals surface area contributed by atoms with E-state index in [-0.39, 0.29) is 12.3 Å². The summed E-state index contributed by atoms with van der Waals surface area (Å²) in [6, 6.07) is 0. The van der Waals surface area contributed by atoms with E-state index >= 15 is 0 Å². The van der Waals surface area contributed by atoms with Crippen LogP contribution in [0.5, 0.6) is 0 Å². The molecule has 0 aliphatic rings. The van der Waals surface area contributed by atoms with Crippen molar-refractivity contribution in [2.24, 2.45) is 5.92 Å². The molecule has 3 nitrogen and oxygen atoms in total. The van der Waals surface area contributed by atoms with E-state index < -0.39 is 13.5 Å². The molecule has 0 fully saturated rings. The Morgan fingerprint density at radius 2 is 1.04 bits per heavy atom. The molecule has 2 atom stereocenters. The molecule has 2 N–H and O–H groups in total. The van der Waals surface area contributed by atoms with Crippen LogP contribution in [-0.4, -0.2) is 15.7 Å². The molecular formula is C21H44FO3P. The minimum Gasteiger partial charge on any atom is -0.322 e. The maximum absolute atomic E-state index is 13.7. The Morgan fingerprint density at radius 1 is 0.692 bits per heavy atom. The summed E-state index contributed by atoms with van der Waals surface area (Å²) in [4.78, 5) is 18.0. The Hall–Kier alpha value is 0.0800. The second kappa shape index (κ2) is 17.2. The zero-order valence-corrected chi connectivity index (χ0v) is 18.2. The molecule has 0 aliphatic heterocycles. The number of unbranched alkanes of at least 4 members (excludes halogenated alkanes) is 12. The first-order valence-electron chi connectivity index (χ1n) is 11.1. The fraction of sp³-hybridized carbons (Fsp3) is 1.00. The first-order valence-corrected chi connectivity index (χ1v) is 12.8. The maximum atomic E-state index is 13.7. The molecule has 0 spiro atoms. The molecule has 0 rings (SSSR count). The van der Waals surface area contributed by atoms with Crippen LogP contribution in [-0.2, 0) is 4.57 Å². The topological polar surface area (TPSA) is 57.5 Å². The lowest BCUT2D eigenvalue weighted by Crippen LogP contribution is -2.11. The Balaban J connectivity index is 3.79. The molecule has 0 aromatic rings. The van der Waals surface area contributed by atoms with Crippen LogP contribution < -0.4 is 0 Å². The lowest BCUT2D eigenvalue weighted by molar-refractivity contribution is 0.252. The summed E-state index contributed by atoms with van der Waals surface area (Å²) < 4.78 is 24.8. The molecule has 0 bridgehead atoms. The van der Waals surface area contributed by atoms with Crippen molar-refractivity contribution in [1.29, 1.82) is 0 Å². The Kier molecular flexibility index (Phi) is 17.2. The van der Waals surface area contributed by atoms with Gasteiger partial charge in [-0.05, 0) is 12.3 Å². The van der Waals surface area contributed by atoms with Gasteiger partial charge in [0.05, 0.1) is 0 Å².